The summed E-state index contributed by atoms with van der Waals surface area (Å²) in [5.41, 5.74) is 1.45. The Hall–Kier alpha value is -2.08. The zero-order valence-electron chi connectivity index (χ0n) is 14.0. The minimum atomic E-state index is -0.317. The number of nitrogens with zero attached hydrogens (tertiary/aromatic N) is 1. The summed E-state index contributed by atoms with van der Waals surface area (Å²) in [6, 6.07) is 3.94. The van der Waals surface area contributed by atoms with Gasteiger partial charge >= 0.3 is 6.03 Å². The van der Waals surface area contributed by atoms with Crippen LogP contribution in [0.5, 0.6) is 0 Å². The zero-order valence-corrected chi connectivity index (χ0v) is 14.0. The SMILES string of the molecule is Cc1c([C@H](C)NC(=O)N2CCC[C@H](CO)C2)oc2ccc(F)cc12. The number of urea groups is 1. The molecular weight excluding hydrogens is 311 g/mol. The molecule has 2 amide bonds. The number of aliphatic hydroxyl groups excluding tert-OH is 1. The number of nitrogens with one attached hydrogen (secondary N) is 1. The van der Waals surface area contributed by atoms with Crippen molar-refractivity contribution in [3.63, 3.8) is 0 Å². The van der Waals surface area contributed by atoms with Crippen molar-refractivity contribution in [3.05, 3.63) is 35.3 Å². The van der Waals surface area contributed by atoms with Gasteiger partial charge in [0.2, 0.25) is 0 Å². The average Bonchev–Trinajstić information content (AvgIpc) is 2.91. The fourth-order valence-corrected chi connectivity index (χ4v) is 3.37. The van der Waals surface area contributed by atoms with Crippen molar-refractivity contribution < 1.29 is 18.7 Å². The van der Waals surface area contributed by atoms with E-state index in [0.717, 1.165) is 23.8 Å². The largest absolute Gasteiger partial charge is 0.459 e. The summed E-state index contributed by atoms with van der Waals surface area (Å²) >= 11 is 0. The summed E-state index contributed by atoms with van der Waals surface area (Å²) < 4.78 is 19.2. The maximum atomic E-state index is 13.4. The lowest BCUT2D eigenvalue weighted by molar-refractivity contribution is 0.127. The molecule has 0 bridgehead atoms. The van der Waals surface area contributed by atoms with Crippen LogP contribution >= 0.6 is 0 Å². The van der Waals surface area contributed by atoms with Crippen LogP contribution in [0.1, 0.15) is 37.1 Å². The van der Waals surface area contributed by atoms with Gasteiger partial charge in [-0.15, -0.1) is 0 Å². The second-order valence-corrected chi connectivity index (χ2v) is 6.54. The first kappa shape index (κ1) is 16.8. The van der Waals surface area contributed by atoms with E-state index in [9.17, 15) is 14.3 Å². The van der Waals surface area contributed by atoms with Crippen LogP contribution in [0.2, 0.25) is 0 Å². The van der Waals surface area contributed by atoms with Gasteiger partial charge < -0.3 is 19.7 Å². The van der Waals surface area contributed by atoms with E-state index in [2.05, 4.69) is 5.32 Å². The monoisotopic (exact) mass is 334 g/mol. The van der Waals surface area contributed by atoms with Gasteiger partial charge in [-0.1, -0.05) is 0 Å². The van der Waals surface area contributed by atoms with E-state index in [4.69, 9.17) is 4.42 Å². The van der Waals surface area contributed by atoms with Crippen molar-refractivity contribution >= 4 is 17.0 Å². The van der Waals surface area contributed by atoms with Crippen molar-refractivity contribution in [2.24, 2.45) is 5.92 Å². The number of aryl methyl sites for hydroxylation is 1. The van der Waals surface area contributed by atoms with Crippen LogP contribution in [0.25, 0.3) is 11.0 Å². The molecule has 0 saturated carbocycles. The molecule has 130 valence electrons. The highest BCUT2D eigenvalue weighted by molar-refractivity contribution is 5.82. The van der Waals surface area contributed by atoms with E-state index < -0.39 is 0 Å². The number of amides is 2. The van der Waals surface area contributed by atoms with Gasteiger partial charge in [-0.2, -0.15) is 0 Å². The Bertz CT molecular complexity index is 743. The third-order valence-electron chi connectivity index (χ3n) is 4.73. The molecule has 0 radical (unpaired) electrons. The third kappa shape index (κ3) is 3.24. The fraction of sp³-hybridized carbons (Fsp3) is 0.500. The van der Waals surface area contributed by atoms with Crippen LogP contribution in [-0.4, -0.2) is 35.7 Å². The molecule has 3 rings (SSSR count). The number of carbonyl (C=O) groups excluding carboxylic acids is 1. The molecule has 6 heteroatoms. The van der Waals surface area contributed by atoms with Crippen molar-refractivity contribution in [2.75, 3.05) is 19.7 Å². The molecule has 0 unspecified atom stereocenters. The lowest BCUT2D eigenvalue weighted by Gasteiger charge is -2.32. The molecule has 2 atom stereocenters. The zero-order chi connectivity index (χ0) is 17.3. The molecule has 1 fully saturated rings. The van der Waals surface area contributed by atoms with Crippen molar-refractivity contribution in [3.8, 4) is 0 Å². The molecule has 2 heterocycles. The normalized spacial score (nSPS) is 19.5. The number of halogens is 1. The summed E-state index contributed by atoms with van der Waals surface area (Å²) in [6.45, 7) is 5.09. The van der Waals surface area contributed by atoms with Gasteiger partial charge in [0.15, 0.2) is 0 Å². The Morgan fingerprint density at radius 1 is 1.54 bits per heavy atom. The molecular formula is C18H23FN2O3. The molecule has 2 aromatic rings. The Balaban J connectivity index is 1.73. The minimum absolute atomic E-state index is 0.105. The van der Waals surface area contributed by atoms with Gasteiger partial charge in [0.1, 0.15) is 17.2 Å². The summed E-state index contributed by atoms with van der Waals surface area (Å²) in [5, 5.41) is 13.0. The quantitative estimate of drug-likeness (QED) is 0.904. The van der Waals surface area contributed by atoms with Gasteiger partial charge in [0.25, 0.3) is 0 Å². The number of fused-ring (bicyclic) bond motifs is 1. The average molecular weight is 334 g/mol. The summed E-state index contributed by atoms with van der Waals surface area (Å²) in [4.78, 5) is 14.2. The number of likely N-dealkylation sites (tertiary alicyclic amines) is 1. The standard InChI is InChI=1S/C18H23FN2O3/c1-11-15-8-14(19)5-6-16(15)24-17(11)12(2)20-18(23)21-7-3-4-13(9-21)10-22/h5-6,8,12-13,22H,3-4,7,9-10H2,1-2H3,(H,20,23)/t12-,13-/m0/s1. The molecule has 1 aliphatic heterocycles. The maximum absolute atomic E-state index is 13.4. The summed E-state index contributed by atoms with van der Waals surface area (Å²) in [6.07, 6.45) is 1.85. The third-order valence-corrected chi connectivity index (χ3v) is 4.73. The number of hydrogen-bond donors (Lipinski definition) is 2. The lowest BCUT2D eigenvalue weighted by Crippen LogP contribution is -2.46. The Labute approximate surface area is 140 Å². The van der Waals surface area contributed by atoms with E-state index >= 15 is 0 Å². The van der Waals surface area contributed by atoms with Crippen LogP contribution in [0.4, 0.5) is 9.18 Å². The Morgan fingerprint density at radius 2 is 2.33 bits per heavy atom. The first-order valence-corrected chi connectivity index (χ1v) is 8.34. The number of rotatable bonds is 3. The molecule has 24 heavy (non-hydrogen) atoms. The first-order valence-electron chi connectivity index (χ1n) is 8.34. The maximum Gasteiger partial charge on any atom is 0.317 e. The van der Waals surface area contributed by atoms with Crippen LogP contribution in [0.15, 0.2) is 22.6 Å². The van der Waals surface area contributed by atoms with E-state index in [1.807, 2.05) is 13.8 Å². The van der Waals surface area contributed by atoms with Gasteiger partial charge in [0.05, 0.1) is 6.04 Å². The van der Waals surface area contributed by atoms with E-state index in [-0.39, 0.29) is 30.4 Å². The van der Waals surface area contributed by atoms with Crippen LogP contribution in [0.3, 0.4) is 0 Å². The van der Waals surface area contributed by atoms with Crippen LogP contribution in [-0.2, 0) is 0 Å². The highest BCUT2D eigenvalue weighted by atomic mass is 19.1. The van der Waals surface area contributed by atoms with E-state index in [0.29, 0.717) is 24.4 Å². The lowest BCUT2D eigenvalue weighted by atomic mass is 9.99. The topological polar surface area (TPSA) is 65.7 Å². The molecule has 1 aromatic heterocycles. The van der Waals surface area contributed by atoms with Crippen molar-refractivity contribution in [1.29, 1.82) is 0 Å². The number of aliphatic hydroxyl groups is 1. The number of hydrogen-bond acceptors (Lipinski definition) is 3. The fourth-order valence-electron chi connectivity index (χ4n) is 3.37. The molecule has 0 spiro atoms. The molecule has 1 saturated heterocycles. The predicted octanol–water partition coefficient (Wildman–Crippen LogP) is 3.36. The van der Waals surface area contributed by atoms with Gasteiger partial charge in [-0.3, -0.25) is 0 Å². The molecule has 2 N–H and O–H groups in total. The summed E-state index contributed by atoms with van der Waals surface area (Å²) in [5.74, 6) is 0.480. The van der Waals surface area contributed by atoms with E-state index in [1.54, 1.807) is 11.0 Å². The second-order valence-electron chi connectivity index (χ2n) is 6.54. The highest BCUT2D eigenvalue weighted by Crippen LogP contribution is 2.30. The van der Waals surface area contributed by atoms with Crippen molar-refractivity contribution in [1.82, 2.24) is 10.2 Å². The van der Waals surface area contributed by atoms with Gasteiger partial charge in [-0.05, 0) is 50.8 Å². The molecule has 0 aliphatic carbocycles. The molecule has 1 aliphatic rings. The minimum Gasteiger partial charge on any atom is -0.459 e. The van der Waals surface area contributed by atoms with Gasteiger partial charge in [0, 0.05) is 30.6 Å². The first-order chi connectivity index (χ1) is 11.5. The second kappa shape index (κ2) is 6.81. The Kier molecular flexibility index (Phi) is 4.76. The Morgan fingerprint density at radius 3 is 3.08 bits per heavy atom. The number of piperidine rings is 1. The summed E-state index contributed by atoms with van der Waals surface area (Å²) in [7, 11) is 0. The number of carbonyl (C=O) groups is 1. The molecule has 1 aromatic carbocycles. The van der Waals surface area contributed by atoms with Gasteiger partial charge in [-0.25, -0.2) is 9.18 Å². The van der Waals surface area contributed by atoms with Crippen molar-refractivity contribution in [2.45, 2.75) is 32.7 Å². The number of benzene rings is 1. The van der Waals surface area contributed by atoms with E-state index in [1.165, 1.54) is 12.1 Å². The predicted molar refractivity (Wildman–Crippen MR) is 89.2 cm³/mol. The number of furan rings is 1. The molecule has 5 nitrogen and oxygen atoms in total. The highest BCUT2D eigenvalue weighted by Gasteiger charge is 2.25. The van der Waals surface area contributed by atoms with Crippen LogP contribution in [0, 0.1) is 18.7 Å². The smallest absolute Gasteiger partial charge is 0.317 e. The van der Waals surface area contributed by atoms with Crippen LogP contribution < -0.4 is 5.32 Å².